The number of carboxylic acid groups (broad SMARTS) is 1. The van der Waals surface area contributed by atoms with Crippen molar-refractivity contribution in [2.75, 3.05) is 5.75 Å². The molecule has 7 heteroatoms. The molecule has 90 valence electrons. The van der Waals surface area contributed by atoms with E-state index in [1.54, 1.807) is 18.2 Å². The largest absolute Gasteiger partial charge is 0.488 e. The third kappa shape index (κ3) is 2.81. The van der Waals surface area contributed by atoms with Gasteiger partial charge in [-0.2, -0.15) is 0 Å². The van der Waals surface area contributed by atoms with Crippen LogP contribution in [0.25, 0.3) is 0 Å². The Bertz CT molecular complexity index is 429. The Hall–Kier alpha value is -1.02. The fourth-order valence-electron chi connectivity index (χ4n) is 1.69. The second-order valence-electron chi connectivity index (χ2n) is 3.81. The molecule has 0 radical (unpaired) electrons. The molecule has 0 amide bonds. The van der Waals surface area contributed by atoms with Gasteiger partial charge in [0.05, 0.1) is 5.37 Å². The van der Waals surface area contributed by atoms with E-state index in [1.807, 2.05) is 6.07 Å². The second kappa shape index (κ2) is 5.09. The van der Waals surface area contributed by atoms with Crippen LogP contribution in [0.3, 0.4) is 0 Å². The molecule has 1 fully saturated rings. The highest BCUT2D eigenvalue weighted by Gasteiger charge is 2.30. The summed E-state index contributed by atoms with van der Waals surface area (Å²) in [6, 6.07) is 6.29. The van der Waals surface area contributed by atoms with Gasteiger partial charge in [-0.3, -0.25) is 10.1 Å². The van der Waals surface area contributed by atoms with E-state index < -0.39 is 19.1 Å². The van der Waals surface area contributed by atoms with E-state index in [0.717, 1.165) is 5.56 Å². The molecule has 0 unspecified atom stereocenters. The molecule has 4 N–H and O–H groups in total. The lowest BCUT2D eigenvalue weighted by molar-refractivity contribution is -0.138. The summed E-state index contributed by atoms with van der Waals surface area (Å²) >= 11 is 1.50. The number of benzene rings is 1. The van der Waals surface area contributed by atoms with Crippen LogP contribution in [0.15, 0.2) is 24.3 Å². The highest BCUT2D eigenvalue weighted by molar-refractivity contribution is 7.99. The van der Waals surface area contributed by atoms with Crippen molar-refractivity contribution in [3.05, 3.63) is 29.8 Å². The van der Waals surface area contributed by atoms with E-state index in [4.69, 9.17) is 15.2 Å². The number of nitrogens with one attached hydrogen (secondary N) is 1. The first-order valence-electron chi connectivity index (χ1n) is 5.14. The van der Waals surface area contributed by atoms with Gasteiger partial charge in [0.25, 0.3) is 0 Å². The van der Waals surface area contributed by atoms with Crippen LogP contribution in [-0.4, -0.2) is 40.0 Å². The minimum atomic E-state index is -1.50. The van der Waals surface area contributed by atoms with Crippen LogP contribution < -0.4 is 10.8 Å². The number of thioether (sulfide) groups is 1. The van der Waals surface area contributed by atoms with E-state index in [0.29, 0.717) is 11.2 Å². The highest BCUT2D eigenvalue weighted by Crippen LogP contribution is 2.32. The molecule has 1 aromatic rings. The zero-order valence-corrected chi connectivity index (χ0v) is 9.72. The van der Waals surface area contributed by atoms with Gasteiger partial charge in [0.15, 0.2) is 0 Å². The summed E-state index contributed by atoms with van der Waals surface area (Å²) in [5.74, 6) is -0.357. The van der Waals surface area contributed by atoms with E-state index >= 15 is 0 Å². The highest BCUT2D eigenvalue weighted by atomic mass is 32.2. The Morgan fingerprint density at radius 3 is 2.82 bits per heavy atom. The third-order valence-electron chi connectivity index (χ3n) is 2.59. The molecule has 1 aromatic carbocycles. The van der Waals surface area contributed by atoms with Crippen LogP contribution in [0.1, 0.15) is 10.9 Å². The molecular formula is C10H12BNO4S. The molecule has 5 nitrogen and oxygen atoms in total. The van der Waals surface area contributed by atoms with E-state index in [2.05, 4.69) is 5.32 Å². The SMILES string of the molecule is O=C(O)[C@@H]1CS[C@@H](c2cccc(B(O)O)c2)N1. The van der Waals surface area contributed by atoms with Crippen molar-refractivity contribution >= 4 is 30.3 Å². The Labute approximate surface area is 103 Å². The van der Waals surface area contributed by atoms with Gasteiger partial charge in [-0.15, -0.1) is 11.8 Å². The molecule has 17 heavy (non-hydrogen) atoms. The van der Waals surface area contributed by atoms with Gasteiger partial charge in [-0.25, -0.2) is 0 Å². The zero-order chi connectivity index (χ0) is 12.4. The maximum absolute atomic E-state index is 10.8. The van der Waals surface area contributed by atoms with Crippen LogP contribution in [0.2, 0.25) is 0 Å². The summed E-state index contributed by atoms with van der Waals surface area (Å²) in [4.78, 5) is 10.8. The van der Waals surface area contributed by atoms with E-state index in [-0.39, 0.29) is 5.37 Å². The van der Waals surface area contributed by atoms with Crippen LogP contribution in [-0.2, 0) is 4.79 Å². The molecular weight excluding hydrogens is 241 g/mol. The third-order valence-corrected chi connectivity index (χ3v) is 3.86. The van der Waals surface area contributed by atoms with Crippen LogP contribution in [0, 0.1) is 0 Å². The molecule has 2 rings (SSSR count). The van der Waals surface area contributed by atoms with E-state index in [9.17, 15) is 4.79 Å². The molecule has 1 aliphatic rings. The van der Waals surface area contributed by atoms with Crippen molar-refractivity contribution in [3.8, 4) is 0 Å². The Morgan fingerprint density at radius 2 is 2.24 bits per heavy atom. The monoisotopic (exact) mass is 253 g/mol. The Balaban J connectivity index is 2.13. The standard InChI is InChI=1S/C10H12BNO4S/c13-10(14)8-5-17-9(12-8)6-2-1-3-7(4-6)11(15)16/h1-4,8-9,12,15-16H,5H2,(H,13,14)/t8-,9-/m0/s1. The minimum Gasteiger partial charge on any atom is -0.480 e. The van der Waals surface area contributed by atoms with Crippen molar-refractivity contribution < 1.29 is 19.9 Å². The summed E-state index contributed by atoms with van der Waals surface area (Å²) in [7, 11) is -1.50. The summed E-state index contributed by atoms with van der Waals surface area (Å²) in [5, 5.41) is 29.9. The predicted molar refractivity (Wildman–Crippen MR) is 66.0 cm³/mol. The topological polar surface area (TPSA) is 89.8 Å². The molecule has 0 saturated carbocycles. The summed E-state index contributed by atoms with van der Waals surface area (Å²) in [6.07, 6.45) is 0. The fourth-order valence-corrected chi connectivity index (χ4v) is 2.91. The maximum Gasteiger partial charge on any atom is 0.488 e. The summed E-state index contributed by atoms with van der Waals surface area (Å²) < 4.78 is 0. The van der Waals surface area contributed by atoms with Gasteiger partial charge in [-0.1, -0.05) is 24.3 Å². The lowest BCUT2D eigenvalue weighted by atomic mass is 9.79. The van der Waals surface area contributed by atoms with Gasteiger partial charge >= 0.3 is 13.1 Å². The van der Waals surface area contributed by atoms with Crippen LogP contribution >= 0.6 is 11.8 Å². The Kier molecular flexibility index (Phi) is 3.73. The molecule has 2 atom stereocenters. The van der Waals surface area contributed by atoms with Crippen molar-refractivity contribution in [2.45, 2.75) is 11.4 Å². The molecule has 0 bridgehead atoms. The number of carbonyl (C=O) groups is 1. The van der Waals surface area contributed by atoms with E-state index in [1.165, 1.54) is 11.8 Å². The zero-order valence-electron chi connectivity index (χ0n) is 8.91. The quantitative estimate of drug-likeness (QED) is 0.525. The average molecular weight is 253 g/mol. The normalized spacial score (nSPS) is 23.6. The molecule has 1 saturated heterocycles. The molecule has 0 aliphatic carbocycles. The average Bonchev–Trinajstić information content (AvgIpc) is 2.78. The first-order valence-corrected chi connectivity index (χ1v) is 6.19. The van der Waals surface area contributed by atoms with Crippen molar-refractivity contribution in [3.63, 3.8) is 0 Å². The summed E-state index contributed by atoms with van der Waals surface area (Å²) in [6.45, 7) is 0. The van der Waals surface area contributed by atoms with Crippen LogP contribution in [0.5, 0.6) is 0 Å². The second-order valence-corrected chi connectivity index (χ2v) is 4.95. The number of carboxylic acids is 1. The van der Waals surface area contributed by atoms with Crippen molar-refractivity contribution in [1.82, 2.24) is 5.32 Å². The number of hydrogen-bond donors (Lipinski definition) is 4. The minimum absolute atomic E-state index is 0.116. The fraction of sp³-hybridized carbons (Fsp3) is 0.300. The first-order chi connectivity index (χ1) is 8.08. The van der Waals surface area contributed by atoms with Gasteiger partial charge < -0.3 is 15.2 Å². The van der Waals surface area contributed by atoms with Gasteiger partial charge in [0, 0.05) is 5.75 Å². The Morgan fingerprint density at radius 1 is 1.47 bits per heavy atom. The lowest BCUT2D eigenvalue weighted by Gasteiger charge is -2.12. The molecule has 0 spiro atoms. The number of rotatable bonds is 3. The smallest absolute Gasteiger partial charge is 0.480 e. The number of hydrogen-bond acceptors (Lipinski definition) is 5. The van der Waals surface area contributed by atoms with Gasteiger partial charge in [0.1, 0.15) is 6.04 Å². The molecule has 1 aliphatic heterocycles. The lowest BCUT2D eigenvalue weighted by Crippen LogP contribution is -2.34. The maximum atomic E-state index is 10.8. The summed E-state index contributed by atoms with van der Waals surface area (Å²) in [5.41, 5.74) is 1.26. The molecule has 1 heterocycles. The van der Waals surface area contributed by atoms with Crippen molar-refractivity contribution in [1.29, 1.82) is 0 Å². The van der Waals surface area contributed by atoms with Crippen LogP contribution in [0.4, 0.5) is 0 Å². The first kappa shape index (κ1) is 12.4. The van der Waals surface area contributed by atoms with Crippen molar-refractivity contribution in [2.24, 2.45) is 0 Å². The molecule has 0 aromatic heterocycles. The number of aliphatic carboxylic acids is 1. The predicted octanol–water partition coefficient (Wildman–Crippen LogP) is -0.845. The van der Waals surface area contributed by atoms with Gasteiger partial charge in [0.2, 0.25) is 0 Å². The van der Waals surface area contributed by atoms with Gasteiger partial charge in [-0.05, 0) is 11.0 Å².